The van der Waals surface area contributed by atoms with E-state index in [2.05, 4.69) is 54.4 Å². The molecule has 0 bridgehead atoms. The van der Waals surface area contributed by atoms with Gasteiger partial charge < -0.3 is 15.2 Å². The maximum Gasteiger partial charge on any atom is 0.335 e. The smallest absolute Gasteiger partial charge is 0.335 e. The zero-order chi connectivity index (χ0) is 27.6. The SMILES string of the molecule is C=C(C(=O)O)c1ccc(-c2cccc(CNCc3ccc4ccccc4c3)c2)c(OCCCCC(=O)NO)c1. The molecule has 0 saturated heterocycles. The average molecular weight is 525 g/mol. The first-order valence-corrected chi connectivity index (χ1v) is 12.8. The lowest BCUT2D eigenvalue weighted by Gasteiger charge is -2.15. The number of fused-ring (bicyclic) bond motifs is 1. The number of rotatable bonds is 13. The van der Waals surface area contributed by atoms with Crippen molar-refractivity contribution in [1.29, 1.82) is 0 Å². The van der Waals surface area contributed by atoms with Crippen molar-refractivity contribution in [2.75, 3.05) is 6.61 Å². The molecule has 4 aromatic rings. The summed E-state index contributed by atoms with van der Waals surface area (Å²) in [6, 6.07) is 28.2. The van der Waals surface area contributed by atoms with E-state index >= 15 is 0 Å². The van der Waals surface area contributed by atoms with Gasteiger partial charge in [-0.15, -0.1) is 0 Å². The molecule has 0 aliphatic heterocycles. The number of hydrogen-bond donors (Lipinski definition) is 4. The number of amides is 1. The standard InChI is InChI=1S/C32H32N2O5/c1-22(32(36)37)26-14-15-29(30(19-26)39-16-5-4-11-31(35)34-38)28-10-6-7-23(18-28)20-33-21-24-12-13-25-8-2-3-9-27(25)17-24/h2-3,6-10,12-15,17-19,33,38H,1,4-5,11,16,20-21H2,(H,34,35)(H,36,37). The summed E-state index contributed by atoms with van der Waals surface area (Å²) in [6.07, 6.45) is 1.33. The maximum absolute atomic E-state index is 11.5. The Kier molecular flexibility index (Phi) is 9.45. The highest BCUT2D eigenvalue weighted by molar-refractivity contribution is 6.14. The van der Waals surface area contributed by atoms with Crippen LogP contribution in [0.2, 0.25) is 0 Å². The third-order valence-electron chi connectivity index (χ3n) is 6.48. The predicted octanol–water partition coefficient (Wildman–Crippen LogP) is 5.95. The lowest BCUT2D eigenvalue weighted by Crippen LogP contribution is -2.18. The number of carboxylic acid groups (broad SMARTS) is 1. The van der Waals surface area contributed by atoms with Gasteiger partial charge in [0.25, 0.3) is 0 Å². The maximum atomic E-state index is 11.5. The van der Waals surface area contributed by atoms with Crippen LogP contribution in [0, 0.1) is 0 Å². The highest BCUT2D eigenvalue weighted by Gasteiger charge is 2.13. The Morgan fingerprint density at radius 1 is 0.821 bits per heavy atom. The number of hydrogen-bond acceptors (Lipinski definition) is 5. The van der Waals surface area contributed by atoms with Crippen LogP contribution in [0.5, 0.6) is 5.75 Å². The van der Waals surface area contributed by atoms with E-state index in [-0.39, 0.29) is 12.0 Å². The molecule has 200 valence electrons. The van der Waals surface area contributed by atoms with Crippen LogP contribution in [0.4, 0.5) is 0 Å². The van der Waals surface area contributed by atoms with Crippen molar-refractivity contribution in [3.05, 3.63) is 108 Å². The molecule has 0 spiro atoms. The molecule has 0 aliphatic carbocycles. The fourth-order valence-corrected chi connectivity index (χ4v) is 4.37. The lowest BCUT2D eigenvalue weighted by atomic mass is 9.98. The number of carboxylic acids is 1. The molecular weight excluding hydrogens is 492 g/mol. The Bertz CT molecular complexity index is 1480. The van der Waals surface area contributed by atoms with Crippen LogP contribution in [-0.4, -0.2) is 28.8 Å². The van der Waals surface area contributed by atoms with Gasteiger partial charge in [0.05, 0.1) is 12.2 Å². The van der Waals surface area contributed by atoms with Gasteiger partial charge in [0.2, 0.25) is 5.91 Å². The first-order valence-electron chi connectivity index (χ1n) is 12.8. The minimum Gasteiger partial charge on any atom is -0.493 e. The molecule has 1 amide bonds. The van der Waals surface area contributed by atoms with Crippen molar-refractivity contribution in [3.63, 3.8) is 0 Å². The molecule has 0 fully saturated rings. The van der Waals surface area contributed by atoms with Crippen LogP contribution >= 0.6 is 0 Å². The van der Waals surface area contributed by atoms with Gasteiger partial charge in [-0.1, -0.05) is 73.3 Å². The van der Waals surface area contributed by atoms with E-state index in [0.29, 0.717) is 37.3 Å². The summed E-state index contributed by atoms with van der Waals surface area (Å²) >= 11 is 0. The minimum absolute atomic E-state index is 0.0161. The van der Waals surface area contributed by atoms with Crippen LogP contribution in [-0.2, 0) is 22.7 Å². The Morgan fingerprint density at radius 3 is 2.36 bits per heavy atom. The van der Waals surface area contributed by atoms with Crippen LogP contribution in [0.15, 0.2) is 91.5 Å². The highest BCUT2D eigenvalue weighted by Crippen LogP contribution is 2.33. The Morgan fingerprint density at radius 2 is 1.59 bits per heavy atom. The molecule has 0 unspecified atom stereocenters. The molecule has 4 N–H and O–H groups in total. The van der Waals surface area contributed by atoms with Crippen LogP contribution in [0.1, 0.15) is 36.0 Å². The number of unbranched alkanes of at least 4 members (excludes halogenated alkanes) is 1. The molecule has 0 radical (unpaired) electrons. The van der Waals surface area contributed by atoms with E-state index in [9.17, 15) is 14.7 Å². The van der Waals surface area contributed by atoms with E-state index in [0.717, 1.165) is 23.2 Å². The second-order valence-corrected chi connectivity index (χ2v) is 9.32. The van der Waals surface area contributed by atoms with Crippen molar-refractivity contribution < 1.29 is 24.6 Å². The first-order chi connectivity index (χ1) is 18.9. The average Bonchev–Trinajstić information content (AvgIpc) is 2.96. The zero-order valence-corrected chi connectivity index (χ0v) is 21.7. The van der Waals surface area contributed by atoms with Crippen LogP contribution in [0.3, 0.4) is 0 Å². The van der Waals surface area contributed by atoms with Crippen molar-refractivity contribution in [2.24, 2.45) is 0 Å². The topological polar surface area (TPSA) is 108 Å². The van der Waals surface area contributed by atoms with Gasteiger partial charge in [-0.3, -0.25) is 10.0 Å². The zero-order valence-electron chi connectivity index (χ0n) is 21.7. The van der Waals surface area contributed by atoms with Gasteiger partial charge in [0, 0.05) is 25.1 Å². The molecule has 4 rings (SSSR count). The van der Waals surface area contributed by atoms with Crippen molar-refractivity contribution >= 4 is 28.2 Å². The lowest BCUT2D eigenvalue weighted by molar-refractivity contribution is -0.130. The molecule has 39 heavy (non-hydrogen) atoms. The number of aliphatic carboxylic acids is 1. The summed E-state index contributed by atoms with van der Waals surface area (Å²) in [5.41, 5.74) is 6.17. The highest BCUT2D eigenvalue weighted by atomic mass is 16.5. The normalized spacial score (nSPS) is 10.8. The molecule has 0 aromatic heterocycles. The van der Waals surface area contributed by atoms with Crippen LogP contribution in [0.25, 0.3) is 27.5 Å². The summed E-state index contributed by atoms with van der Waals surface area (Å²) in [5, 5.41) is 24.0. The second kappa shape index (κ2) is 13.4. The monoisotopic (exact) mass is 524 g/mol. The molecule has 0 aliphatic rings. The van der Waals surface area contributed by atoms with Gasteiger partial charge >= 0.3 is 5.97 Å². The fraction of sp³-hybridized carbons (Fsp3) is 0.188. The van der Waals surface area contributed by atoms with E-state index < -0.39 is 11.9 Å². The number of ether oxygens (including phenoxy) is 1. The number of hydroxylamine groups is 1. The number of nitrogens with one attached hydrogen (secondary N) is 2. The summed E-state index contributed by atoms with van der Waals surface area (Å²) in [7, 11) is 0. The second-order valence-electron chi connectivity index (χ2n) is 9.32. The predicted molar refractivity (Wildman–Crippen MR) is 152 cm³/mol. The summed E-state index contributed by atoms with van der Waals surface area (Å²) < 4.78 is 6.05. The van der Waals surface area contributed by atoms with Crippen molar-refractivity contribution in [3.8, 4) is 16.9 Å². The minimum atomic E-state index is -1.09. The Labute approximate surface area is 227 Å². The molecule has 4 aromatic carbocycles. The molecule has 7 heteroatoms. The number of benzene rings is 4. The molecule has 0 heterocycles. The summed E-state index contributed by atoms with van der Waals surface area (Å²) in [6.45, 7) is 5.42. The quantitative estimate of drug-likeness (QED) is 0.0745. The summed E-state index contributed by atoms with van der Waals surface area (Å²) in [5.74, 6) is -0.993. The first kappa shape index (κ1) is 27.6. The molecule has 0 saturated carbocycles. The van der Waals surface area contributed by atoms with E-state index in [1.807, 2.05) is 30.3 Å². The fourth-order valence-electron chi connectivity index (χ4n) is 4.37. The van der Waals surface area contributed by atoms with E-state index in [1.54, 1.807) is 17.6 Å². The van der Waals surface area contributed by atoms with Gasteiger partial charge in [-0.05, 0) is 64.1 Å². The van der Waals surface area contributed by atoms with E-state index in [1.165, 1.54) is 16.3 Å². The van der Waals surface area contributed by atoms with Gasteiger partial charge in [-0.2, -0.15) is 0 Å². The third-order valence-corrected chi connectivity index (χ3v) is 6.48. The molecular formula is C32H32N2O5. The van der Waals surface area contributed by atoms with Gasteiger partial charge in [0.1, 0.15) is 5.75 Å². The van der Waals surface area contributed by atoms with Crippen LogP contribution < -0.4 is 15.5 Å². The van der Waals surface area contributed by atoms with Gasteiger partial charge in [0.15, 0.2) is 0 Å². The van der Waals surface area contributed by atoms with Crippen molar-refractivity contribution in [1.82, 2.24) is 10.8 Å². The largest absolute Gasteiger partial charge is 0.493 e. The van der Waals surface area contributed by atoms with E-state index in [4.69, 9.17) is 9.94 Å². The Balaban J connectivity index is 1.46. The summed E-state index contributed by atoms with van der Waals surface area (Å²) in [4.78, 5) is 22.7. The number of carbonyl (C=O) groups is 2. The van der Waals surface area contributed by atoms with Crippen molar-refractivity contribution in [2.45, 2.75) is 32.4 Å². The molecule has 0 atom stereocenters. The third kappa shape index (κ3) is 7.54. The molecule has 7 nitrogen and oxygen atoms in total. The number of carbonyl (C=O) groups excluding carboxylic acids is 1. The Hall–Kier alpha value is -4.46. The van der Waals surface area contributed by atoms with Gasteiger partial charge in [-0.25, -0.2) is 10.3 Å².